The van der Waals surface area contributed by atoms with Crippen LogP contribution in [0.2, 0.25) is 0 Å². The summed E-state index contributed by atoms with van der Waals surface area (Å²) in [6, 6.07) is 11.4. The van der Waals surface area contributed by atoms with Gasteiger partial charge in [-0.05, 0) is 24.1 Å². The van der Waals surface area contributed by atoms with Crippen molar-refractivity contribution in [1.82, 2.24) is 20.9 Å². The number of hydrogen-bond donors (Lipinski definition) is 7. The highest BCUT2D eigenvalue weighted by Gasteiger charge is 2.31. The zero-order chi connectivity index (χ0) is 28.5. The van der Waals surface area contributed by atoms with E-state index >= 15 is 0 Å². The number of nitrogens with one attached hydrogen (secondary N) is 4. The highest BCUT2D eigenvalue weighted by atomic mass is 16.4. The minimum Gasteiger partial charge on any atom is -0.480 e. The van der Waals surface area contributed by atoms with Gasteiger partial charge >= 0.3 is 5.97 Å². The van der Waals surface area contributed by atoms with Gasteiger partial charge in [0.25, 0.3) is 0 Å². The number of carbonyl (C=O) groups is 5. The van der Waals surface area contributed by atoms with Crippen LogP contribution in [0.5, 0.6) is 0 Å². The molecule has 0 bridgehead atoms. The molecule has 0 fully saturated rings. The zero-order valence-electron chi connectivity index (χ0n) is 21.3. The van der Waals surface area contributed by atoms with Crippen LogP contribution in [0.4, 0.5) is 0 Å². The second-order valence-corrected chi connectivity index (χ2v) is 9.23. The predicted octanol–water partition coefficient (Wildman–Crippen LogP) is -0.285. The fourth-order valence-electron chi connectivity index (χ4n) is 4.04. The number of hydrogen-bond acceptors (Lipinski definition) is 6. The van der Waals surface area contributed by atoms with Gasteiger partial charge in [0.15, 0.2) is 0 Å². The molecule has 0 spiro atoms. The first-order valence-corrected chi connectivity index (χ1v) is 12.3. The summed E-state index contributed by atoms with van der Waals surface area (Å²) in [7, 11) is 0. The molecule has 206 valence electrons. The third-order valence-electron chi connectivity index (χ3n) is 6.08. The fourth-order valence-corrected chi connectivity index (χ4v) is 4.04. The monoisotopic (exact) mass is 536 g/mol. The number of aromatic amines is 1. The third-order valence-corrected chi connectivity index (χ3v) is 6.08. The lowest BCUT2D eigenvalue weighted by atomic mass is 10.0. The van der Waals surface area contributed by atoms with Crippen molar-refractivity contribution in [3.8, 4) is 0 Å². The number of H-pyrrole nitrogens is 1. The average Bonchev–Trinajstić information content (AvgIpc) is 3.30. The van der Waals surface area contributed by atoms with Crippen LogP contribution in [-0.4, -0.2) is 63.9 Å². The van der Waals surface area contributed by atoms with Crippen molar-refractivity contribution in [2.24, 2.45) is 11.5 Å². The summed E-state index contributed by atoms with van der Waals surface area (Å²) < 4.78 is 0. The number of rotatable bonds is 13. The molecule has 4 amide bonds. The SMILES string of the molecule is CC(N)C(=O)NC(Cc1c[nH]c2ccccc12)C(=O)NC(Cc1ccccc1)C(=O)NC(CC(N)=O)C(=O)O. The number of para-hydroxylation sites is 1. The van der Waals surface area contributed by atoms with Crippen LogP contribution in [-0.2, 0) is 36.8 Å². The van der Waals surface area contributed by atoms with Crippen LogP contribution in [0.15, 0.2) is 60.8 Å². The van der Waals surface area contributed by atoms with Crippen molar-refractivity contribution in [1.29, 1.82) is 0 Å². The summed E-state index contributed by atoms with van der Waals surface area (Å²) in [5, 5.41) is 17.8. The van der Waals surface area contributed by atoms with Crippen LogP contribution >= 0.6 is 0 Å². The summed E-state index contributed by atoms with van der Waals surface area (Å²) in [6.07, 6.45) is 1.22. The molecular weight excluding hydrogens is 504 g/mol. The number of amides is 4. The van der Waals surface area contributed by atoms with Gasteiger partial charge in [-0.2, -0.15) is 0 Å². The second kappa shape index (κ2) is 13.2. The van der Waals surface area contributed by atoms with E-state index < -0.39 is 60.2 Å². The van der Waals surface area contributed by atoms with Gasteiger partial charge in [0, 0.05) is 29.9 Å². The van der Waals surface area contributed by atoms with Crippen molar-refractivity contribution < 1.29 is 29.1 Å². The molecule has 0 saturated heterocycles. The van der Waals surface area contributed by atoms with Crippen LogP contribution in [0.3, 0.4) is 0 Å². The van der Waals surface area contributed by atoms with Crippen molar-refractivity contribution in [3.05, 3.63) is 71.9 Å². The van der Waals surface area contributed by atoms with E-state index in [9.17, 15) is 29.1 Å². The molecule has 0 aliphatic heterocycles. The Morgan fingerprint density at radius 2 is 1.38 bits per heavy atom. The van der Waals surface area contributed by atoms with Crippen LogP contribution in [0, 0.1) is 0 Å². The van der Waals surface area contributed by atoms with Crippen LogP contribution < -0.4 is 27.4 Å². The average molecular weight is 537 g/mol. The Morgan fingerprint density at radius 1 is 0.821 bits per heavy atom. The lowest BCUT2D eigenvalue weighted by molar-refractivity contribution is -0.143. The summed E-state index contributed by atoms with van der Waals surface area (Å²) in [5.41, 5.74) is 13.1. The molecule has 12 heteroatoms. The van der Waals surface area contributed by atoms with Crippen molar-refractivity contribution in [3.63, 3.8) is 0 Å². The molecule has 1 aromatic heterocycles. The minimum absolute atomic E-state index is 0.0162. The minimum atomic E-state index is -1.58. The lowest BCUT2D eigenvalue weighted by Crippen LogP contribution is -2.58. The highest BCUT2D eigenvalue weighted by Crippen LogP contribution is 2.19. The van der Waals surface area contributed by atoms with Crippen molar-refractivity contribution in [2.75, 3.05) is 0 Å². The van der Waals surface area contributed by atoms with E-state index in [2.05, 4.69) is 20.9 Å². The Bertz CT molecular complexity index is 1340. The number of primary amides is 1. The number of aromatic nitrogens is 1. The Labute approximate surface area is 224 Å². The van der Waals surface area contributed by atoms with E-state index in [1.807, 2.05) is 24.3 Å². The maximum absolute atomic E-state index is 13.5. The Hall–Kier alpha value is -4.71. The molecular formula is C27H32N6O6. The number of fused-ring (bicyclic) bond motifs is 1. The van der Waals surface area contributed by atoms with E-state index in [0.29, 0.717) is 5.56 Å². The molecule has 39 heavy (non-hydrogen) atoms. The summed E-state index contributed by atoms with van der Waals surface area (Å²) >= 11 is 0. The first-order valence-electron chi connectivity index (χ1n) is 12.3. The van der Waals surface area contributed by atoms with E-state index in [4.69, 9.17) is 11.5 Å². The van der Waals surface area contributed by atoms with Gasteiger partial charge in [-0.25, -0.2) is 4.79 Å². The number of nitrogens with two attached hydrogens (primary N) is 2. The number of benzene rings is 2. The molecule has 9 N–H and O–H groups in total. The van der Waals surface area contributed by atoms with Gasteiger partial charge < -0.3 is 37.5 Å². The lowest BCUT2D eigenvalue weighted by Gasteiger charge is -2.25. The van der Waals surface area contributed by atoms with E-state index in [1.165, 1.54) is 6.92 Å². The molecule has 3 rings (SSSR count). The fraction of sp³-hybridized carbons (Fsp3) is 0.296. The Kier molecular flexibility index (Phi) is 9.76. The molecule has 3 aromatic rings. The summed E-state index contributed by atoms with van der Waals surface area (Å²) in [5.74, 6) is -4.43. The van der Waals surface area contributed by atoms with Gasteiger partial charge in [-0.15, -0.1) is 0 Å². The molecule has 0 aliphatic carbocycles. The topological polar surface area (TPSA) is 209 Å². The van der Waals surface area contributed by atoms with Gasteiger partial charge in [0.2, 0.25) is 23.6 Å². The Balaban J connectivity index is 1.87. The summed E-state index contributed by atoms with van der Waals surface area (Å²) in [4.78, 5) is 65.2. The van der Waals surface area contributed by atoms with E-state index in [1.54, 1.807) is 36.5 Å². The van der Waals surface area contributed by atoms with Crippen molar-refractivity contribution >= 4 is 40.5 Å². The third kappa shape index (κ3) is 8.14. The molecule has 4 atom stereocenters. The maximum Gasteiger partial charge on any atom is 0.326 e. The Morgan fingerprint density at radius 3 is 2.00 bits per heavy atom. The van der Waals surface area contributed by atoms with Crippen molar-refractivity contribution in [2.45, 2.75) is 50.4 Å². The van der Waals surface area contributed by atoms with Crippen LogP contribution in [0.25, 0.3) is 10.9 Å². The number of carbonyl (C=O) groups excluding carboxylic acids is 4. The first kappa shape index (κ1) is 28.9. The highest BCUT2D eigenvalue weighted by molar-refractivity contribution is 5.95. The van der Waals surface area contributed by atoms with Gasteiger partial charge in [-0.1, -0.05) is 48.5 Å². The molecule has 0 radical (unpaired) electrons. The van der Waals surface area contributed by atoms with E-state index in [0.717, 1.165) is 16.5 Å². The van der Waals surface area contributed by atoms with Crippen LogP contribution in [0.1, 0.15) is 24.5 Å². The predicted molar refractivity (Wildman–Crippen MR) is 143 cm³/mol. The van der Waals surface area contributed by atoms with Gasteiger partial charge in [-0.3, -0.25) is 19.2 Å². The maximum atomic E-state index is 13.5. The molecule has 12 nitrogen and oxygen atoms in total. The molecule has 0 aliphatic rings. The largest absolute Gasteiger partial charge is 0.480 e. The molecule has 2 aromatic carbocycles. The quantitative estimate of drug-likeness (QED) is 0.155. The summed E-state index contributed by atoms with van der Waals surface area (Å²) in [6.45, 7) is 1.48. The smallest absolute Gasteiger partial charge is 0.326 e. The van der Waals surface area contributed by atoms with Gasteiger partial charge in [0.1, 0.15) is 18.1 Å². The zero-order valence-corrected chi connectivity index (χ0v) is 21.3. The van der Waals surface area contributed by atoms with E-state index in [-0.39, 0.29) is 12.8 Å². The second-order valence-electron chi connectivity index (χ2n) is 9.23. The number of carboxylic acid groups (broad SMARTS) is 1. The number of aliphatic carboxylic acids is 1. The van der Waals surface area contributed by atoms with Gasteiger partial charge in [0.05, 0.1) is 12.5 Å². The standard InChI is InChI=1S/C27H32N6O6/c1-15(28)24(35)31-21(12-17-14-30-19-10-6-5-9-18(17)19)26(37)32-20(11-16-7-3-2-4-8-16)25(36)33-22(27(38)39)13-23(29)34/h2-10,14-15,20-22,30H,11-13,28H2,1H3,(H2,29,34)(H,31,35)(H,32,37)(H,33,36)(H,38,39). The first-order chi connectivity index (χ1) is 18.5. The number of carboxylic acids is 1. The molecule has 4 unspecified atom stereocenters. The normalized spacial score (nSPS) is 14.0. The molecule has 0 saturated carbocycles. The molecule has 1 heterocycles.